The van der Waals surface area contributed by atoms with E-state index >= 15 is 0 Å². The van der Waals surface area contributed by atoms with Gasteiger partial charge in [0.05, 0.1) is 8.07 Å². The molecule has 2 nitrogen and oxygen atoms in total. The summed E-state index contributed by atoms with van der Waals surface area (Å²) in [6.45, 7) is 12.3. The highest BCUT2D eigenvalue weighted by atomic mass is 28.4. The van der Waals surface area contributed by atoms with E-state index in [0.717, 1.165) is 18.8 Å². The second kappa shape index (κ2) is 4.55. The third kappa shape index (κ3) is 7.03. The zero-order valence-corrected chi connectivity index (χ0v) is 11.1. The molecule has 2 N–H and O–H groups in total. The Labute approximate surface area is 78.6 Å². The number of hydrogen-bond acceptors (Lipinski definition) is 2. The van der Waals surface area contributed by atoms with E-state index in [1.165, 1.54) is 0 Å². The Bertz CT molecular complexity index is 132. The highest BCUT2D eigenvalue weighted by molar-refractivity contribution is 6.78. The van der Waals surface area contributed by atoms with Gasteiger partial charge in [0.25, 0.3) is 0 Å². The standard InChI is InChI=1S/C8H23NOSi2/c1-11(2,3)8-10-12(4,5)7-6-9/h6-9H2,1-5H3. The quantitative estimate of drug-likeness (QED) is 0.697. The molecule has 0 saturated carbocycles. The Morgan fingerprint density at radius 2 is 1.58 bits per heavy atom. The maximum Gasteiger partial charge on any atom is 0.187 e. The average molecular weight is 205 g/mol. The van der Waals surface area contributed by atoms with Crippen LogP contribution in [-0.4, -0.2) is 29.2 Å². The summed E-state index contributed by atoms with van der Waals surface area (Å²) in [5, 5.41) is 0. The van der Waals surface area contributed by atoms with E-state index in [1.54, 1.807) is 0 Å². The zero-order valence-electron chi connectivity index (χ0n) is 9.11. The lowest BCUT2D eigenvalue weighted by molar-refractivity contribution is 0.367. The van der Waals surface area contributed by atoms with Gasteiger partial charge in [-0.1, -0.05) is 19.6 Å². The first-order chi connectivity index (χ1) is 5.27. The Balaban J connectivity index is 3.75. The third-order valence-electron chi connectivity index (χ3n) is 1.64. The predicted molar refractivity (Wildman–Crippen MR) is 60.6 cm³/mol. The maximum absolute atomic E-state index is 5.95. The summed E-state index contributed by atoms with van der Waals surface area (Å²) < 4.78 is 5.95. The molecule has 74 valence electrons. The van der Waals surface area contributed by atoms with Crippen LogP contribution in [0.5, 0.6) is 0 Å². The molecule has 0 rings (SSSR count). The van der Waals surface area contributed by atoms with E-state index in [4.69, 9.17) is 10.2 Å². The Morgan fingerprint density at radius 3 is 1.92 bits per heavy atom. The van der Waals surface area contributed by atoms with Crippen LogP contribution in [0.2, 0.25) is 38.8 Å². The lowest BCUT2D eigenvalue weighted by Crippen LogP contribution is -2.40. The Morgan fingerprint density at radius 1 is 1.08 bits per heavy atom. The van der Waals surface area contributed by atoms with Crippen LogP contribution >= 0.6 is 0 Å². The van der Waals surface area contributed by atoms with Gasteiger partial charge < -0.3 is 10.2 Å². The molecule has 0 bridgehead atoms. The van der Waals surface area contributed by atoms with Gasteiger partial charge in [0.2, 0.25) is 0 Å². The van der Waals surface area contributed by atoms with Gasteiger partial charge in [-0.2, -0.15) is 0 Å². The molecule has 0 aromatic carbocycles. The first-order valence-electron chi connectivity index (χ1n) is 4.61. The summed E-state index contributed by atoms with van der Waals surface area (Å²) in [5.41, 5.74) is 5.52. The van der Waals surface area contributed by atoms with E-state index in [-0.39, 0.29) is 0 Å². The summed E-state index contributed by atoms with van der Waals surface area (Å²) in [7, 11) is -2.43. The molecule has 0 aromatic rings. The summed E-state index contributed by atoms with van der Waals surface area (Å²) in [5.74, 6) is 0. The van der Waals surface area contributed by atoms with Crippen molar-refractivity contribution in [3.8, 4) is 0 Å². The van der Waals surface area contributed by atoms with Gasteiger partial charge in [0, 0.05) is 6.23 Å². The third-order valence-corrected chi connectivity index (χ3v) is 5.36. The minimum Gasteiger partial charge on any atom is -0.420 e. The molecule has 4 heteroatoms. The number of hydrogen-bond donors (Lipinski definition) is 1. The van der Waals surface area contributed by atoms with Crippen molar-refractivity contribution in [2.24, 2.45) is 5.73 Å². The molecule has 0 aliphatic carbocycles. The Hall–Kier alpha value is 0.354. The fourth-order valence-corrected chi connectivity index (χ4v) is 4.97. The van der Waals surface area contributed by atoms with Crippen molar-refractivity contribution in [1.29, 1.82) is 0 Å². The summed E-state index contributed by atoms with van der Waals surface area (Å²) in [6.07, 6.45) is 0.992. The van der Waals surface area contributed by atoms with Gasteiger partial charge in [-0.25, -0.2) is 0 Å². The topological polar surface area (TPSA) is 35.2 Å². The molecule has 0 heterocycles. The van der Waals surface area contributed by atoms with E-state index in [0.29, 0.717) is 0 Å². The summed E-state index contributed by atoms with van der Waals surface area (Å²) >= 11 is 0. The minimum absolute atomic E-state index is 0.769. The van der Waals surface area contributed by atoms with Crippen molar-refractivity contribution in [1.82, 2.24) is 0 Å². The predicted octanol–water partition coefficient (Wildman–Crippen LogP) is 2.04. The molecule has 0 aromatic heterocycles. The molecule has 0 aliphatic heterocycles. The highest BCUT2D eigenvalue weighted by Crippen LogP contribution is 2.12. The van der Waals surface area contributed by atoms with Crippen LogP contribution in [0.15, 0.2) is 0 Å². The second-order valence-corrected chi connectivity index (χ2v) is 14.9. The zero-order chi connectivity index (χ0) is 9.83. The molecule has 0 saturated heterocycles. The fourth-order valence-electron chi connectivity index (χ4n) is 0.832. The monoisotopic (exact) mass is 205 g/mol. The lowest BCUT2D eigenvalue weighted by atomic mass is 10.8. The van der Waals surface area contributed by atoms with Gasteiger partial charge >= 0.3 is 0 Å². The van der Waals surface area contributed by atoms with Crippen LogP contribution in [-0.2, 0) is 4.43 Å². The molecular weight excluding hydrogens is 182 g/mol. The first kappa shape index (κ1) is 12.4. The van der Waals surface area contributed by atoms with E-state index < -0.39 is 16.4 Å². The van der Waals surface area contributed by atoms with Gasteiger partial charge in [0.15, 0.2) is 8.32 Å². The van der Waals surface area contributed by atoms with Gasteiger partial charge in [-0.15, -0.1) is 0 Å². The minimum atomic E-state index is -1.40. The van der Waals surface area contributed by atoms with Crippen LogP contribution in [0.25, 0.3) is 0 Å². The van der Waals surface area contributed by atoms with E-state index in [1.807, 2.05) is 0 Å². The van der Waals surface area contributed by atoms with Crippen LogP contribution in [0.4, 0.5) is 0 Å². The molecule has 0 aliphatic rings. The summed E-state index contributed by atoms with van der Waals surface area (Å²) in [6, 6.07) is 1.08. The molecule has 0 atom stereocenters. The molecule has 12 heavy (non-hydrogen) atoms. The lowest BCUT2D eigenvalue weighted by Gasteiger charge is -2.26. The molecule has 0 fully saturated rings. The van der Waals surface area contributed by atoms with Gasteiger partial charge in [-0.3, -0.25) is 0 Å². The molecule has 0 spiro atoms. The maximum atomic E-state index is 5.95. The fraction of sp³-hybridized carbons (Fsp3) is 1.00. The van der Waals surface area contributed by atoms with E-state index in [2.05, 4.69) is 32.7 Å². The van der Waals surface area contributed by atoms with Crippen molar-refractivity contribution < 1.29 is 4.43 Å². The number of nitrogens with two attached hydrogens (primary N) is 1. The van der Waals surface area contributed by atoms with Crippen molar-refractivity contribution in [2.75, 3.05) is 12.8 Å². The van der Waals surface area contributed by atoms with E-state index in [9.17, 15) is 0 Å². The van der Waals surface area contributed by atoms with Crippen LogP contribution in [0.3, 0.4) is 0 Å². The smallest absolute Gasteiger partial charge is 0.187 e. The normalized spacial score (nSPS) is 13.5. The van der Waals surface area contributed by atoms with Crippen LogP contribution in [0, 0.1) is 0 Å². The van der Waals surface area contributed by atoms with Crippen molar-refractivity contribution >= 4 is 16.4 Å². The van der Waals surface area contributed by atoms with Gasteiger partial charge in [0.1, 0.15) is 0 Å². The van der Waals surface area contributed by atoms with Crippen LogP contribution < -0.4 is 5.73 Å². The largest absolute Gasteiger partial charge is 0.420 e. The summed E-state index contributed by atoms with van der Waals surface area (Å²) in [4.78, 5) is 0. The highest BCUT2D eigenvalue weighted by Gasteiger charge is 2.24. The van der Waals surface area contributed by atoms with Gasteiger partial charge in [-0.05, 0) is 25.7 Å². The molecule has 0 unspecified atom stereocenters. The average Bonchev–Trinajstić information content (AvgIpc) is 1.83. The number of rotatable bonds is 5. The van der Waals surface area contributed by atoms with Crippen molar-refractivity contribution in [3.05, 3.63) is 0 Å². The molecule has 0 amide bonds. The van der Waals surface area contributed by atoms with Crippen molar-refractivity contribution in [2.45, 2.75) is 38.8 Å². The SMILES string of the molecule is C[Si](C)(C)CO[Si](C)(C)CCN. The van der Waals surface area contributed by atoms with Crippen molar-refractivity contribution in [3.63, 3.8) is 0 Å². The second-order valence-electron chi connectivity index (χ2n) is 5.15. The Kier molecular flexibility index (Phi) is 4.69. The molecule has 0 radical (unpaired) electrons. The molecular formula is C8H23NOSi2. The first-order valence-corrected chi connectivity index (χ1v) is 11.4. The van der Waals surface area contributed by atoms with Crippen LogP contribution in [0.1, 0.15) is 0 Å².